The summed E-state index contributed by atoms with van der Waals surface area (Å²) in [6.07, 6.45) is 2.38. The second-order valence-corrected chi connectivity index (χ2v) is 6.04. The molecule has 4 rings (SSSR count). The highest BCUT2D eigenvalue weighted by molar-refractivity contribution is 6.12. The van der Waals surface area contributed by atoms with Crippen molar-refractivity contribution in [2.45, 2.75) is 19.5 Å². The predicted molar refractivity (Wildman–Crippen MR) is 99.7 cm³/mol. The molecule has 0 aliphatic carbocycles. The molecule has 1 aromatic heterocycles. The van der Waals surface area contributed by atoms with Crippen LogP contribution in [0, 0.1) is 0 Å². The van der Waals surface area contributed by atoms with Gasteiger partial charge in [0.25, 0.3) is 5.91 Å². The first-order valence-electron chi connectivity index (χ1n) is 8.47. The summed E-state index contributed by atoms with van der Waals surface area (Å²) in [4.78, 5) is 19.5. The molecule has 2 heterocycles. The van der Waals surface area contributed by atoms with Crippen LogP contribution in [-0.4, -0.2) is 10.9 Å². The molecule has 4 heteroatoms. The van der Waals surface area contributed by atoms with Crippen LogP contribution in [0.15, 0.2) is 72.9 Å². The summed E-state index contributed by atoms with van der Waals surface area (Å²) in [5.41, 5.74) is 4.43. The number of aryl methyl sites for hydroxylation is 1. The molecule has 3 aromatic rings. The van der Waals surface area contributed by atoms with E-state index >= 15 is 0 Å². The molecular weight excluding hydrogens is 310 g/mol. The summed E-state index contributed by atoms with van der Waals surface area (Å²) in [6.45, 7) is 2.12. The monoisotopic (exact) mass is 329 g/mol. The highest BCUT2D eigenvalue weighted by Crippen LogP contribution is 2.35. The van der Waals surface area contributed by atoms with Crippen molar-refractivity contribution in [3.05, 3.63) is 89.7 Å². The fourth-order valence-electron chi connectivity index (χ4n) is 3.16. The number of aromatic nitrogens is 1. The second-order valence-electron chi connectivity index (χ2n) is 6.04. The third kappa shape index (κ3) is 2.76. The van der Waals surface area contributed by atoms with E-state index in [0.717, 1.165) is 23.5 Å². The first kappa shape index (κ1) is 15.4. The molecule has 0 saturated carbocycles. The zero-order valence-corrected chi connectivity index (χ0v) is 14.0. The molecule has 1 aliphatic heterocycles. The lowest BCUT2D eigenvalue weighted by Gasteiger charge is -2.37. The van der Waals surface area contributed by atoms with Gasteiger partial charge in [-0.15, -0.1) is 0 Å². The van der Waals surface area contributed by atoms with Crippen LogP contribution in [0.5, 0.6) is 0 Å². The van der Waals surface area contributed by atoms with Gasteiger partial charge in [-0.05, 0) is 48.4 Å². The molecule has 1 N–H and O–H groups in total. The van der Waals surface area contributed by atoms with Crippen molar-refractivity contribution in [2.24, 2.45) is 0 Å². The number of benzene rings is 2. The van der Waals surface area contributed by atoms with Gasteiger partial charge in [-0.25, -0.2) is 0 Å². The van der Waals surface area contributed by atoms with Gasteiger partial charge in [-0.2, -0.15) is 0 Å². The average Bonchev–Trinajstić information content (AvgIpc) is 2.69. The SMILES string of the molecule is CCc1ccc(N2C(=O)c3ccccc3N[C@H]2c2ccccn2)cc1. The van der Waals surface area contributed by atoms with Gasteiger partial charge in [0.2, 0.25) is 0 Å². The highest BCUT2D eigenvalue weighted by atomic mass is 16.2. The van der Waals surface area contributed by atoms with Crippen LogP contribution in [0.25, 0.3) is 0 Å². The van der Waals surface area contributed by atoms with Crippen LogP contribution in [-0.2, 0) is 6.42 Å². The maximum Gasteiger partial charge on any atom is 0.262 e. The van der Waals surface area contributed by atoms with Gasteiger partial charge in [-0.1, -0.05) is 37.3 Å². The van der Waals surface area contributed by atoms with Crippen LogP contribution < -0.4 is 10.2 Å². The van der Waals surface area contributed by atoms with Crippen molar-refractivity contribution in [2.75, 3.05) is 10.2 Å². The van der Waals surface area contributed by atoms with Crippen molar-refractivity contribution in [1.29, 1.82) is 0 Å². The molecule has 124 valence electrons. The molecule has 0 fully saturated rings. The minimum atomic E-state index is -0.337. The Hall–Kier alpha value is -3.14. The molecule has 0 bridgehead atoms. The number of carbonyl (C=O) groups excluding carboxylic acids is 1. The summed E-state index contributed by atoms with van der Waals surface area (Å²) in [5.74, 6) is -0.0192. The molecule has 2 aromatic carbocycles. The molecule has 0 radical (unpaired) electrons. The molecule has 0 unspecified atom stereocenters. The number of hydrogen-bond donors (Lipinski definition) is 1. The molecule has 4 nitrogen and oxygen atoms in total. The first-order valence-corrected chi connectivity index (χ1v) is 8.47. The lowest BCUT2D eigenvalue weighted by molar-refractivity contribution is 0.0974. The fraction of sp³-hybridized carbons (Fsp3) is 0.143. The number of amides is 1. The van der Waals surface area contributed by atoms with Crippen LogP contribution in [0.2, 0.25) is 0 Å². The number of carbonyl (C=O) groups is 1. The summed E-state index contributed by atoms with van der Waals surface area (Å²) in [5, 5.41) is 3.46. The Labute approximate surface area is 147 Å². The van der Waals surface area contributed by atoms with Gasteiger partial charge >= 0.3 is 0 Å². The van der Waals surface area contributed by atoms with Crippen LogP contribution in [0.4, 0.5) is 11.4 Å². The van der Waals surface area contributed by atoms with Crippen molar-refractivity contribution in [3.63, 3.8) is 0 Å². The molecule has 0 spiro atoms. The van der Waals surface area contributed by atoms with Crippen molar-refractivity contribution in [1.82, 2.24) is 4.98 Å². The average molecular weight is 329 g/mol. The molecule has 1 aliphatic rings. The standard InChI is InChI=1S/C21H19N3O/c1-2-15-10-12-16(13-11-15)24-20(19-9-5-6-14-22-19)23-18-8-4-3-7-17(18)21(24)25/h3-14,20,23H,2H2,1H3/t20-/m1/s1. The topological polar surface area (TPSA) is 45.2 Å². The van der Waals surface area contributed by atoms with Crippen LogP contribution in [0.3, 0.4) is 0 Å². The minimum Gasteiger partial charge on any atom is -0.359 e. The van der Waals surface area contributed by atoms with E-state index < -0.39 is 0 Å². The summed E-state index contributed by atoms with van der Waals surface area (Å²) in [6, 6.07) is 21.5. The first-order chi connectivity index (χ1) is 12.3. The van der Waals surface area contributed by atoms with Gasteiger partial charge in [0.05, 0.1) is 11.3 Å². The number of rotatable bonds is 3. The van der Waals surface area contributed by atoms with Crippen LogP contribution >= 0.6 is 0 Å². The van der Waals surface area contributed by atoms with Gasteiger partial charge < -0.3 is 5.32 Å². The number of hydrogen-bond acceptors (Lipinski definition) is 3. The predicted octanol–water partition coefficient (Wildman–Crippen LogP) is 4.42. The Kier molecular flexibility index (Phi) is 3.94. The Morgan fingerprint density at radius 1 is 1.00 bits per heavy atom. The lowest BCUT2D eigenvalue weighted by atomic mass is 10.0. The smallest absolute Gasteiger partial charge is 0.262 e. The quantitative estimate of drug-likeness (QED) is 0.774. The van der Waals surface area contributed by atoms with Crippen molar-refractivity contribution in [3.8, 4) is 0 Å². The van der Waals surface area contributed by atoms with E-state index in [9.17, 15) is 4.79 Å². The molecule has 1 atom stereocenters. The maximum atomic E-state index is 13.2. The Bertz CT molecular complexity index is 891. The Morgan fingerprint density at radius 2 is 1.76 bits per heavy atom. The normalized spacial score (nSPS) is 16.3. The van der Waals surface area contributed by atoms with E-state index in [4.69, 9.17) is 0 Å². The molecule has 1 amide bonds. The summed E-state index contributed by atoms with van der Waals surface area (Å²) >= 11 is 0. The third-order valence-corrected chi connectivity index (χ3v) is 4.52. The molecular formula is C21H19N3O. The number of para-hydroxylation sites is 1. The zero-order chi connectivity index (χ0) is 17.2. The van der Waals surface area contributed by atoms with Gasteiger partial charge in [0.1, 0.15) is 0 Å². The van der Waals surface area contributed by atoms with E-state index in [0.29, 0.717) is 5.56 Å². The summed E-state index contributed by atoms with van der Waals surface area (Å²) < 4.78 is 0. The third-order valence-electron chi connectivity index (χ3n) is 4.52. The Balaban J connectivity index is 1.83. The minimum absolute atomic E-state index is 0.0192. The number of anilines is 2. The molecule has 25 heavy (non-hydrogen) atoms. The van der Waals surface area contributed by atoms with Crippen LogP contribution in [0.1, 0.15) is 34.7 Å². The second kappa shape index (κ2) is 6.40. The summed E-state index contributed by atoms with van der Waals surface area (Å²) in [7, 11) is 0. The van der Waals surface area contributed by atoms with E-state index in [2.05, 4.69) is 29.4 Å². The number of pyridine rings is 1. The highest BCUT2D eigenvalue weighted by Gasteiger charge is 2.34. The fourth-order valence-corrected chi connectivity index (χ4v) is 3.16. The van der Waals surface area contributed by atoms with E-state index in [1.807, 2.05) is 54.6 Å². The molecule has 0 saturated heterocycles. The van der Waals surface area contributed by atoms with Gasteiger partial charge in [0.15, 0.2) is 6.17 Å². The number of nitrogens with zero attached hydrogens (tertiary/aromatic N) is 2. The van der Waals surface area contributed by atoms with E-state index in [-0.39, 0.29) is 12.1 Å². The Morgan fingerprint density at radius 3 is 2.48 bits per heavy atom. The van der Waals surface area contributed by atoms with Crippen molar-refractivity contribution < 1.29 is 4.79 Å². The number of nitrogens with one attached hydrogen (secondary N) is 1. The maximum absolute atomic E-state index is 13.2. The van der Waals surface area contributed by atoms with E-state index in [1.165, 1.54) is 5.56 Å². The van der Waals surface area contributed by atoms with Gasteiger partial charge in [0, 0.05) is 17.6 Å². The lowest BCUT2D eigenvalue weighted by Crippen LogP contribution is -2.43. The zero-order valence-electron chi connectivity index (χ0n) is 14.0. The van der Waals surface area contributed by atoms with Crippen molar-refractivity contribution >= 4 is 17.3 Å². The largest absolute Gasteiger partial charge is 0.359 e. The number of fused-ring (bicyclic) bond motifs is 1. The van der Waals surface area contributed by atoms with Gasteiger partial charge in [-0.3, -0.25) is 14.7 Å². The van der Waals surface area contributed by atoms with E-state index in [1.54, 1.807) is 11.1 Å².